The van der Waals surface area contributed by atoms with Crippen molar-refractivity contribution in [1.29, 1.82) is 0 Å². The molecular formula is C10H16N2S2. The predicted octanol–water partition coefficient (Wildman–Crippen LogP) is 2.75. The first kappa shape index (κ1) is 10.5. The lowest BCUT2D eigenvalue weighted by Gasteiger charge is -2.25. The van der Waals surface area contributed by atoms with Crippen molar-refractivity contribution in [2.45, 2.75) is 42.3 Å². The molecule has 2 nitrogen and oxygen atoms in total. The molecule has 1 aromatic rings. The molecule has 4 heteroatoms. The van der Waals surface area contributed by atoms with E-state index in [0.29, 0.717) is 16.7 Å². The van der Waals surface area contributed by atoms with Crippen molar-refractivity contribution in [3.63, 3.8) is 0 Å². The van der Waals surface area contributed by atoms with E-state index in [-0.39, 0.29) is 0 Å². The van der Waals surface area contributed by atoms with Gasteiger partial charge in [-0.2, -0.15) is 0 Å². The van der Waals surface area contributed by atoms with Crippen molar-refractivity contribution in [3.05, 3.63) is 11.6 Å². The van der Waals surface area contributed by atoms with Gasteiger partial charge in [0, 0.05) is 22.9 Å². The maximum absolute atomic E-state index is 6.23. The molecule has 2 atom stereocenters. The van der Waals surface area contributed by atoms with Crippen LogP contribution in [0.25, 0.3) is 0 Å². The molecule has 78 valence electrons. The van der Waals surface area contributed by atoms with E-state index in [9.17, 15) is 0 Å². The average Bonchev–Trinajstić information content (AvgIpc) is 2.70. The minimum Gasteiger partial charge on any atom is -0.326 e. The zero-order valence-corrected chi connectivity index (χ0v) is 10.2. The highest BCUT2D eigenvalue weighted by Gasteiger charge is 2.40. The maximum atomic E-state index is 6.23. The van der Waals surface area contributed by atoms with Gasteiger partial charge in [0.1, 0.15) is 4.34 Å². The third-order valence-electron chi connectivity index (χ3n) is 3.04. The summed E-state index contributed by atoms with van der Waals surface area (Å²) in [4.78, 5) is 4.29. The highest BCUT2D eigenvalue weighted by molar-refractivity contribution is 8.01. The maximum Gasteiger partial charge on any atom is 0.150 e. The van der Waals surface area contributed by atoms with Crippen molar-refractivity contribution in [2.75, 3.05) is 0 Å². The van der Waals surface area contributed by atoms with Crippen molar-refractivity contribution >= 4 is 23.1 Å². The predicted molar refractivity (Wildman–Crippen MR) is 62.7 cm³/mol. The van der Waals surface area contributed by atoms with Gasteiger partial charge in [0.05, 0.1) is 0 Å². The van der Waals surface area contributed by atoms with Crippen LogP contribution in [0.5, 0.6) is 0 Å². The molecule has 1 aliphatic carbocycles. The Morgan fingerprint density at radius 1 is 1.64 bits per heavy atom. The summed E-state index contributed by atoms with van der Waals surface area (Å²) in [5.41, 5.74) is 6.53. The van der Waals surface area contributed by atoms with Gasteiger partial charge in [-0.05, 0) is 18.3 Å². The molecule has 0 aliphatic heterocycles. The van der Waals surface area contributed by atoms with Gasteiger partial charge >= 0.3 is 0 Å². The number of thioether (sulfide) groups is 1. The fourth-order valence-corrected chi connectivity index (χ4v) is 4.14. The van der Waals surface area contributed by atoms with E-state index in [0.717, 1.165) is 4.34 Å². The van der Waals surface area contributed by atoms with Gasteiger partial charge in [0.15, 0.2) is 0 Å². The first-order valence-corrected chi connectivity index (χ1v) is 6.67. The largest absolute Gasteiger partial charge is 0.326 e. The summed E-state index contributed by atoms with van der Waals surface area (Å²) in [5, 5.41) is 2.57. The Morgan fingerprint density at radius 3 is 2.93 bits per heavy atom. The molecule has 0 radical (unpaired) electrons. The van der Waals surface area contributed by atoms with Crippen molar-refractivity contribution in [3.8, 4) is 0 Å². The van der Waals surface area contributed by atoms with E-state index < -0.39 is 0 Å². The van der Waals surface area contributed by atoms with Gasteiger partial charge in [-0.1, -0.05) is 25.6 Å². The van der Waals surface area contributed by atoms with Crippen LogP contribution in [-0.4, -0.2) is 16.3 Å². The average molecular weight is 228 g/mol. The van der Waals surface area contributed by atoms with Crippen molar-refractivity contribution < 1.29 is 0 Å². The number of aromatic nitrogens is 1. The van der Waals surface area contributed by atoms with Gasteiger partial charge < -0.3 is 5.73 Å². The molecule has 1 aromatic heterocycles. The van der Waals surface area contributed by atoms with E-state index in [1.165, 1.54) is 12.8 Å². The second-order valence-electron chi connectivity index (χ2n) is 4.51. The minimum atomic E-state index is 0.301. The van der Waals surface area contributed by atoms with Crippen LogP contribution < -0.4 is 5.73 Å². The number of thiazole rings is 1. The van der Waals surface area contributed by atoms with Gasteiger partial charge in [-0.15, -0.1) is 11.3 Å². The molecular weight excluding hydrogens is 212 g/mol. The lowest BCUT2D eigenvalue weighted by Crippen LogP contribution is -2.38. The van der Waals surface area contributed by atoms with Crippen molar-refractivity contribution in [1.82, 2.24) is 4.98 Å². The quantitative estimate of drug-likeness (QED) is 0.846. The molecule has 2 rings (SSSR count). The van der Waals surface area contributed by atoms with Crippen LogP contribution in [0, 0.1) is 5.41 Å². The first-order valence-electron chi connectivity index (χ1n) is 4.91. The van der Waals surface area contributed by atoms with Crippen molar-refractivity contribution in [2.24, 2.45) is 11.1 Å². The Morgan fingerprint density at radius 2 is 2.43 bits per heavy atom. The second-order valence-corrected chi connectivity index (χ2v) is 6.89. The molecule has 1 heterocycles. The molecule has 14 heavy (non-hydrogen) atoms. The SMILES string of the molecule is CC1(C)CCC(Sc2nccs2)C1N. The Labute approximate surface area is 93.3 Å². The zero-order valence-electron chi connectivity index (χ0n) is 8.56. The first-order chi connectivity index (χ1) is 6.59. The summed E-state index contributed by atoms with van der Waals surface area (Å²) in [6.07, 6.45) is 4.31. The standard InChI is InChI=1S/C10H16N2S2/c1-10(2)4-3-7(8(10)11)14-9-12-5-6-13-9/h5-8H,3-4,11H2,1-2H3. The van der Waals surface area contributed by atoms with Gasteiger partial charge in [0.2, 0.25) is 0 Å². The number of hydrogen-bond acceptors (Lipinski definition) is 4. The zero-order chi connectivity index (χ0) is 10.2. The lowest BCUT2D eigenvalue weighted by molar-refractivity contribution is 0.334. The van der Waals surface area contributed by atoms with Crippen LogP contribution in [0.1, 0.15) is 26.7 Å². The van der Waals surface area contributed by atoms with Crippen LogP contribution in [-0.2, 0) is 0 Å². The van der Waals surface area contributed by atoms with E-state index in [4.69, 9.17) is 5.73 Å². The molecule has 1 aliphatic rings. The summed E-state index contributed by atoms with van der Waals surface area (Å²) in [6, 6.07) is 0.302. The number of nitrogens with two attached hydrogens (primary N) is 1. The summed E-state index contributed by atoms with van der Waals surface area (Å²) >= 11 is 3.56. The van der Waals surface area contributed by atoms with Gasteiger partial charge in [-0.25, -0.2) is 4.98 Å². The van der Waals surface area contributed by atoms with Crippen LogP contribution >= 0.6 is 23.1 Å². The number of nitrogens with zero attached hydrogens (tertiary/aromatic N) is 1. The lowest BCUT2D eigenvalue weighted by atomic mass is 9.88. The summed E-state index contributed by atoms with van der Waals surface area (Å²) in [7, 11) is 0. The van der Waals surface area contributed by atoms with Crippen LogP contribution in [0.3, 0.4) is 0 Å². The van der Waals surface area contributed by atoms with E-state index >= 15 is 0 Å². The van der Waals surface area contributed by atoms with E-state index in [1.54, 1.807) is 11.3 Å². The Bertz CT molecular complexity index is 295. The molecule has 0 bridgehead atoms. The second kappa shape index (κ2) is 3.83. The molecule has 0 spiro atoms. The number of hydrogen-bond donors (Lipinski definition) is 1. The minimum absolute atomic E-state index is 0.301. The highest BCUT2D eigenvalue weighted by atomic mass is 32.2. The van der Waals surface area contributed by atoms with E-state index in [2.05, 4.69) is 18.8 Å². The summed E-state index contributed by atoms with van der Waals surface area (Å²) in [6.45, 7) is 4.53. The van der Waals surface area contributed by atoms with Gasteiger partial charge in [-0.3, -0.25) is 0 Å². The Balaban J connectivity index is 2.01. The van der Waals surface area contributed by atoms with E-state index in [1.807, 2.05) is 23.3 Å². The molecule has 1 fully saturated rings. The molecule has 2 unspecified atom stereocenters. The molecule has 1 saturated carbocycles. The third-order valence-corrected chi connectivity index (χ3v) is 5.32. The molecule has 0 aromatic carbocycles. The number of rotatable bonds is 2. The summed E-state index contributed by atoms with van der Waals surface area (Å²) in [5.74, 6) is 0. The normalized spacial score (nSPS) is 30.8. The monoisotopic (exact) mass is 228 g/mol. The Hall–Kier alpha value is -0.0600. The van der Waals surface area contributed by atoms with Crippen LogP contribution in [0.2, 0.25) is 0 Å². The molecule has 0 saturated heterocycles. The fourth-order valence-electron chi connectivity index (χ4n) is 1.89. The smallest absolute Gasteiger partial charge is 0.150 e. The highest BCUT2D eigenvalue weighted by Crippen LogP contribution is 2.44. The Kier molecular flexibility index (Phi) is 2.86. The molecule has 0 amide bonds. The van der Waals surface area contributed by atoms with Gasteiger partial charge in [0.25, 0.3) is 0 Å². The van der Waals surface area contributed by atoms with Crippen LogP contribution in [0.15, 0.2) is 15.9 Å². The fraction of sp³-hybridized carbons (Fsp3) is 0.700. The molecule has 2 N–H and O–H groups in total. The summed E-state index contributed by atoms with van der Waals surface area (Å²) < 4.78 is 1.16. The van der Waals surface area contributed by atoms with Crippen LogP contribution in [0.4, 0.5) is 0 Å². The third kappa shape index (κ3) is 1.97. The topological polar surface area (TPSA) is 38.9 Å².